The summed E-state index contributed by atoms with van der Waals surface area (Å²) >= 11 is 0. The fourth-order valence-electron chi connectivity index (χ4n) is 2.52. The highest BCUT2D eigenvalue weighted by Crippen LogP contribution is 2.37. The lowest BCUT2D eigenvalue weighted by Crippen LogP contribution is -2.42. The van der Waals surface area contributed by atoms with Crippen molar-refractivity contribution in [3.05, 3.63) is 48.0 Å². The Morgan fingerprint density at radius 3 is 2.70 bits per heavy atom. The second kappa shape index (κ2) is 5.85. The third kappa shape index (κ3) is 2.83. The molecule has 1 atom stereocenters. The van der Waals surface area contributed by atoms with Crippen molar-refractivity contribution in [3.63, 3.8) is 0 Å². The van der Waals surface area contributed by atoms with Crippen molar-refractivity contribution in [2.24, 2.45) is 16.5 Å². The highest BCUT2D eigenvalue weighted by Gasteiger charge is 2.23. The number of nitrogens with zero attached hydrogens (tertiary/aromatic N) is 2. The van der Waals surface area contributed by atoms with Crippen LogP contribution in [-0.4, -0.2) is 24.5 Å². The van der Waals surface area contributed by atoms with Gasteiger partial charge in [0.05, 0.1) is 5.69 Å². The van der Waals surface area contributed by atoms with Crippen LogP contribution in [0.2, 0.25) is 0 Å². The van der Waals surface area contributed by atoms with E-state index in [2.05, 4.69) is 9.73 Å². The largest absolute Gasteiger partial charge is 0.434 e. The molecule has 1 heterocycles. The van der Waals surface area contributed by atoms with Gasteiger partial charge < -0.3 is 21.1 Å². The van der Waals surface area contributed by atoms with E-state index in [1.54, 1.807) is 42.3 Å². The van der Waals surface area contributed by atoms with E-state index in [9.17, 15) is 8.78 Å². The summed E-state index contributed by atoms with van der Waals surface area (Å²) in [6.45, 7) is -2.88. The van der Waals surface area contributed by atoms with Crippen molar-refractivity contribution >= 4 is 11.6 Å². The van der Waals surface area contributed by atoms with Crippen molar-refractivity contribution in [1.29, 1.82) is 0 Å². The van der Waals surface area contributed by atoms with Gasteiger partial charge in [0.15, 0.2) is 5.96 Å². The van der Waals surface area contributed by atoms with Gasteiger partial charge in [0.1, 0.15) is 11.9 Å². The van der Waals surface area contributed by atoms with E-state index in [-0.39, 0.29) is 5.75 Å². The summed E-state index contributed by atoms with van der Waals surface area (Å²) in [4.78, 5) is 5.97. The fourth-order valence-corrected chi connectivity index (χ4v) is 2.52. The van der Waals surface area contributed by atoms with Crippen LogP contribution in [0.5, 0.6) is 5.75 Å². The molecule has 0 saturated carbocycles. The summed E-state index contributed by atoms with van der Waals surface area (Å²) in [6.07, 6.45) is -0.399. The Kier molecular flexibility index (Phi) is 3.87. The summed E-state index contributed by atoms with van der Waals surface area (Å²) in [6, 6.07) is 12.0. The number of guanidine groups is 1. The maximum Gasteiger partial charge on any atom is 0.387 e. The first-order valence-corrected chi connectivity index (χ1v) is 6.98. The Morgan fingerprint density at radius 1 is 1.22 bits per heavy atom. The lowest BCUT2D eigenvalue weighted by Gasteiger charge is -2.31. The van der Waals surface area contributed by atoms with Crippen LogP contribution >= 0.6 is 0 Å². The predicted octanol–water partition coefficient (Wildman–Crippen LogP) is 2.80. The summed E-state index contributed by atoms with van der Waals surface area (Å²) in [7, 11) is 1.76. The van der Waals surface area contributed by atoms with Crippen molar-refractivity contribution in [1.82, 2.24) is 4.90 Å². The fraction of sp³-hybridized carbons (Fsp3) is 0.188. The Morgan fingerprint density at radius 2 is 1.96 bits per heavy atom. The maximum atomic E-state index is 12.6. The standard InChI is InChI=1S/C16H16F2N4O/c1-22-14(19)11-7-6-9(8-12(11)21-16(22)20)10-4-2-3-5-13(10)23-15(17)18/h2-8,14-15H,19H2,1H3,(H2,20,21). The zero-order valence-corrected chi connectivity index (χ0v) is 12.4. The lowest BCUT2D eigenvalue weighted by atomic mass is 9.99. The third-order valence-electron chi connectivity index (χ3n) is 3.78. The van der Waals surface area contributed by atoms with Gasteiger partial charge in [-0.1, -0.05) is 30.3 Å². The Balaban J connectivity index is 2.07. The topological polar surface area (TPSA) is 76.9 Å². The molecular weight excluding hydrogens is 302 g/mol. The molecule has 1 aliphatic rings. The number of halogens is 2. The first-order chi connectivity index (χ1) is 11.0. The molecule has 0 aromatic heterocycles. The zero-order chi connectivity index (χ0) is 16.6. The molecule has 0 radical (unpaired) electrons. The monoisotopic (exact) mass is 318 g/mol. The van der Waals surface area contributed by atoms with Crippen molar-refractivity contribution in [2.45, 2.75) is 12.8 Å². The van der Waals surface area contributed by atoms with Gasteiger partial charge in [0, 0.05) is 18.2 Å². The Labute approximate surface area is 132 Å². The molecule has 4 N–H and O–H groups in total. The summed E-state index contributed by atoms with van der Waals surface area (Å²) in [5, 5.41) is 0. The van der Waals surface area contributed by atoms with Crippen LogP contribution in [-0.2, 0) is 0 Å². The second-order valence-electron chi connectivity index (χ2n) is 5.17. The van der Waals surface area contributed by atoms with Crippen LogP contribution in [0.3, 0.4) is 0 Å². The van der Waals surface area contributed by atoms with Crippen LogP contribution in [0, 0.1) is 0 Å². The Hall–Kier alpha value is -2.67. The van der Waals surface area contributed by atoms with Crippen molar-refractivity contribution in [2.75, 3.05) is 7.05 Å². The van der Waals surface area contributed by atoms with Crippen molar-refractivity contribution in [3.8, 4) is 16.9 Å². The van der Waals surface area contributed by atoms with Gasteiger partial charge in [0.2, 0.25) is 0 Å². The number of rotatable bonds is 3. The molecule has 2 aromatic rings. The van der Waals surface area contributed by atoms with Gasteiger partial charge in [-0.3, -0.25) is 0 Å². The van der Waals surface area contributed by atoms with E-state index in [1.807, 2.05) is 6.07 Å². The number of fused-ring (bicyclic) bond motifs is 1. The van der Waals surface area contributed by atoms with Crippen LogP contribution in [0.15, 0.2) is 47.5 Å². The molecule has 0 amide bonds. The van der Waals surface area contributed by atoms with E-state index in [4.69, 9.17) is 11.5 Å². The number of nitrogens with two attached hydrogens (primary N) is 2. The van der Waals surface area contributed by atoms with Crippen LogP contribution < -0.4 is 16.2 Å². The number of ether oxygens (including phenoxy) is 1. The van der Waals surface area contributed by atoms with Gasteiger partial charge in [-0.25, -0.2) is 4.99 Å². The van der Waals surface area contributed by atoms with Gasteiger partial charge in [0.25, 0.3) is 0 Å². The zero-order valence-electron chi connectivity index (χ0n) is 12.4. The summed E-state index contributed by atoms with van der Waals surface area (Å²) in [5.74, 6) is 0.413. The van der Waals surface area contributed by atoms with Gasteiger partial charge in [-0.15, -0.1) is 0 Å². The Bertz CT molecular complexity index is 763. The molecule has 1 unspecified atom stereocenters. The smallest absolute Gasteiger partial charge is 0.387 e. The number of alkyl halides is 2. The molecule has 120 valence electrons. The maximum absolute atomic E-state index is 12.6. The minimum absolute atomic E-state index is 0.108. The minimum atomic E-state index is -2.88. The lowest BCUT2D eigenvalue weighted by molar-refractivity contribution is -0.0494. The minimum Gasteiger partial charge on any atom is -0.434 e. The normalized spacial score (nSPS) is 17.0. The summed E-state index contributed by atoms with van der Waals surface area (Å²) in [5.41, 5.74) is 14.6. The predicted molar refractivity (Wildman–Crippen MR) is 84.5 cm³/mol. The van der Waals surface area contributed by atoms with Crippen LogP contribution in [0.4, 0.5) is 14.5 Å². The van der Waals surface area contributed by atoms with E-state index < -0.39 is 12.8 Å². The average Bonchev–Trinajstić information content (AvgIpc) is 2.52. The van der Waals surface area contributed by atoms with Gasteiger partial charge in [-0.05, 0) is 17.7 Å². The van der Waals surface area contributed by atoms with E-state index in [0.29, 0.717) is 22.8 Å². The third-order valence-corrected chi connectivity index (χ3v) is 3.78. The van der Waals surface area contributed by atoms with Gasteiger partial charge in [-0.2, -0.15) is 8.78 Å². The summed E-state index contributed by atoms with van der Waals surface area (Å²) < 4.78 is 29.7. The van der Waals surface area contributed by atoms with Crippen molar-refractivity contribution < 1.29 is 13.5 Å². The quantitative estimate of drug-likeness (QED) is 0.912. The molecule has 0 saturated heterocycles. The number of para-hydroxylation sites is 1. The number of hydrogen-bond donors (Lipinski definition) is 2. The molecule has 3 rings (SSSR count). The average molecular weight is 318 g/mol. The SMILES string of the molecule is CN1C(N)=Nc2cc(-c3ccccc3OC(F)F)ccc2C1N. The van der Waals surface area contributed by atoms with Gasteiger partial charge >= 0.3 is 6.61 Å². The molecule has 0 bridgehead atoms. The molecule has 0 spiro atoms. The van der Waals surface area contributed by atoms with Crippen LogP contribution in [0.1, 0.15) is 11.7 Å². The molecule has 1 aliphatic heterocycles. The second-order valence-corrected chi connectivity index (χ2v) is 5.17. The molecule has 2 aromatic carbocycles. The molecule has 0 aliphatic carbocycles. The molecule has 0 fully saturated rings. The highest BCUT2D eigenvalue weighted by molar-refractivity contribution is 5.85. The number of aliphatic imine (C=N–C) groups is 1. The molecular formula is C16H16F2N4O. The van der Waals surface area contributed by atoms with E-state index >= 15 is 0 Å². The highest BCUT2D eigenvalue weighted by atomic mass is 19.3. The first kappa shape index (κ1) is 15.2. The number of hydrogen-bond acceptors (Lipinski definition) is 5. The molecule has 7 heteroatoms. The molecule has 23 heavy (non-hydrogen) atoms. The van der Waals surface area contributed by atoms with E-state index in [0.717, 1.165) is 5.56 Å². The van der Waals surface area contributed by atoms with Crippen LogP contribution in [0.25, 0.3) is 11.1 Å². The number of benzene rings is 2. The van der Waals surface area contributed by atoms with E-state index in [1.165, 1.54) is 6.07 Å². The first-order valence-electron chi connectivity index (χ1n) is 6.98. The molecule has 5 nitrogen and oxygen atoms in total.